The molecule has 7 heteroatoms. The van der Waals surface area contributed by atoms with E-state index in [1.165, 1.54) is 12.8 Å². The molecule has 1 heterocycles. The average Bonchev–Trinajstić information content (AvgIpc) is 3.22. The molecule has 0 saturated carbocycles. The van der Waals surface area contributed by atoms with Crippen LogP contribution in [0.15, 0.2) is 78.9 Å². The smallest absolute Gasteiger partial charge is 0.253 e. The van der Waals surface area contributed by atoms with Crippen LogP contribution in [0.2, 0.25) is 0 Å². The third-order valence-corrected chi connectivity index (χ3v) is 6.53. The van der Waals surface area contributed by atoms with Gasteiger partial charge in [0.15, 0.2) is 0 Å². The van der Waals surface area contributed by atoms with Crippen LogP contribution in [-0.4, -0.2) is 42.3 Å². The summed E-state index contributed by atoms with van der Waals surface area (Å²) in [4.78, 5) is 39.9. The Kier molecular flexibility index (Phi) is 8.92. The van der Waals surface area contributed by atoms with Gasteiger partial charge in [-0.2, -0.15) is 0 Å². The summed E-state index contributed by atoms with van der Waals surface area (Å²) in [6.07, 6.45) is 4.43. The summed E-state index contributed by atoms with van der Waals surface area (Å²) in [6, 6.07) is 23.7. The van der Waals surface area contributed by atoms with Gasteiger partial charge < -0.3 is 20.9 Å². The summed E-state index contributed by atoms with van der Waals surface area (Å²) < 4.78 is 0. The highest BCUT2D eigenvalue weighted by atomic mass is 16.2. The molecule has 3 aromatic carbocycles. The number of carbonyl (C=O) groups excluding carboxylic acids is 3. The van der Waals surface area contributed by atoms with Crippen molar-refractivity contribution in [3.05, 3.63) is 95.6 Å². The van der Waals surface area contributed by atoms with Crippen LogP contribution in [-0.2, 0) is 4.79 Å². The first-order valence-electron chi connectivity index (χ1n) is 12.9. The predicted molar refractivity (Wildman–Crippen MR) is 147 cm³/mol. The van der Waals surface area contributed by atoms with Gasteiger partial charge in [0.1, 0.15) is 0 Å². The van der Waals surface area contributed by atoms with E-state index in [0.29, 0.717) is 16.8 Å². The van der Waals surface area contributed by atoms with E-state index in [1.54, 1.807) is 30.3 Å². The van der Waals surface area contributed by atoms with E-state index in [1.807, 2.05) is 60.4 Å². The minimum Gasteiger partial charge on any atom is -0.376 e. The molecule has 1 unspecified atom stereocenters. The van der Waals surface area contributed by atoms with E-state index in [2.05, 4.69) is 16.0 Å². The highest BCUT2D eigenvalue weighted by Crippen LogP contribution is 2.17. The van der Waals surface area contributed by atoms with Crippen LogP contribution in [0.5, 0.6) is 0 Å². The maximum absolute atomic E-state index is 12.9. The van der Waals surface area contributed by atoms with Crippen LogP contribution in [0.25, 0.3) is 0 Å². The lowest BCUT2D eigenvalue weighted by Crippen LogP contribution is -2.31. The number of anilines is 2. The lowest BCUT2D eigenvalue weighted by Gasteiger charge is -2.20. The summed E-state index contributed by atoms with van der Waals surface area (Å²) in [5.41, 5.74) is 3.50. The molecule has 37 heavy (non-hydrogen) atoms. The number of carbonyl (C=O) groups is 3. The average molecular weight is 499 g/mol. The summed E-state index contributed by atoms with van der Waals surface area (Å²) >= 11 is 0. The van der Waals surface area contributed by atoms with Crippen molar-refractivity contribution in [2.45, 2.75) is 38.6 Å². The molecule has 0 bridgehead atoms. The minimum atomic E-state index is -0.223. The Labute approximate surface area is 218 Å². The quantitative estimate of drug-likeness (QED) is 0.396. The zero-order valence-electron chi connectivity index (χ0n) is 21.2. The third kappa shape index (κ3) is 7.43. The van der Waals surface area contributed by atoms with Crippen molar-refractivity contribution >= 4 is 29.1 Å². The van der Waals surface area contributed by atoms with E-state index in [-0.39, 0.29) is 30.3 Å². The monoisotopic (exact) mass is 498 g/mol. The first-order chi connectivity index (χ1) is 18.0. The van der Waals surface area contributed by atoms with Crippen molar-refractivity contribution < 1.29 is 14.4 Å². The minimum absolute atomic E-state index is 0.0392. The van der Waals surface area contributed by atoms with Gasteiger partial charge in [-0.1, -0.05) is 49.2 Å². The fourth-order valence-electron chi connectivity index (χ4n) is 4.42. The van der Waals surface area contributed by atoms with E-state index in [9.17, 15) is 14.4 Å². The maximum atomic E-state index is 12.9. The third-order valence-electron chi connectivity index (χ3n) is 6.53. The summed E-state index contributed by atoms with van der Waals surface area (Å²) in [7, 11) is 0. The Morgan fingerprint density at radius 1 is 0.784 bits per heavy atom. The second-order valence-corrected chi connectivity index (χ2v) is 9.37. The SMILES string of the molecule is CC(NC(=O)c1ccc(NC(=O)CNc2cccc(C(=O)N3CCCCCC3)c2)cc1)c1ccccc1. The predicted octanol–water partition coefficient (Wildman–Crippen LogP) is 5.24. The Balaban J connectivity index is 1.27. The van der Waals surface area contributed by atoms with Gasteiger partial charge in [0.2, 0.25) is 5.91 Å². The number of benzene rings is 3. The topological polar surface area (TPSA) is 90.5 Å². The molecule has 192 valence electrons. The van der Waals surface area contributed by atoms with Gasteiger partial charge in [0, 0.05) is 35.6 Å². The van der Waals surface area contributed by atoms with Crippen molar-refractivity contribution in [1.82, 2.24) is 10.2 Å². The molecule has 4 rings (SSSR count). The standard InChI is InChI=1S/C30H34N4O3/c1-22(23-10-5-4-6-11-23)32-29(36)24-14-16-26(17-15-24)33-28(35)21-31-27-13-9-12-25(20-27)30(37)34-18-7-2-3-8-19-34/h4-6,9-17,20,22,31H,2-3,7-8,18-19,21H2,1H3,(H,32,36)(H,33,35). The van der Waals surface area contributed by atoms with Crippen LogP contribution in [0.3, 0.4) is 0 Å². The van der Waals surface area contributed by atoms with E-state index in [0.717, 1.165) is 37.2 Å². The molecule has 0 radical (unpaired) electrons. The molecule has 0 aromatic heterocycles. The van der Waals surface area contributed by atoms with Gasteiger partial charge in [-0.25, -0.2) is 0 Å². The van der Waals surface area contributed by atoms with Crippen LogP contribution in [0, 0.1) is 0 Å². The molecular formula is C30H34N4O3. The van der Waals surface area contributed by atoms with E-state index in [4.69, 9.17) is 0 Å². The van der Waals surface area contributed by atoms with Gasteiger partial charge in [0.05, 0.1) is 12.6 Å². The first-order valence-corrected chi connectivity index (χ1v) is 12.9. The van der Waals surface area contributed by atoms with Gasteiger partial charge in [-0.3, -0.25) is 14.4 Å². The maximum Gasteiger partial charge on any atom is 0.253 e. The summed E-state index contributed by atoms with van der Waals surface area (Å²) in [6.45, 7) is 3.59. The molecule has 7 nitrogen and oxygen atoms in total. The number of nitrogens with one attached hydrogen (secondary N) is 3. The Bertz CT molecular complexity index is 1200. The number of rotatable bonds is 8. The fraction of sp³-hybridized carbons (Fsp3) is 0.300. The van der Waals surface area contributed by atoms with Gasteiger partial charge in [-0.15, -0.1) is 0 Å². The highest BCUT2D eigenvalue weighted by Gasteiger charge is 2.17. The van der Waals surface area contributed by atoms with Crippen LogP contribution in [0.1, 0.15) is 64.9 Å². The lowest BCUT2D eigenvalue weighted by molar-refractivity contribution is -0.114. The fourth-order valence-corrected chi connectivity index (χ4v) is 4.42. The molecule has 1 fully saturated rings. The van der Waals surface area contributed by atoms with Crippen molar-refractivity contribution in [3.8, 4) is 0 Å². The van der Waals surface area contributed by atoms with Crippen LogP contribution < -0.4 is 16.0 Å². The molecule has 3 amide bonds. The molecule has 0 aliphatic carbocycles. The van der Waals surface area contributed by atoms with Gasteiger partial charge in [-0.05, 0) is 67.8 Å². The number of likely N-dealkylation sites (tertiary alicyclic amines) is 1. The molecule has 1 saturated heterocycles. The second-order valence-electron chi connectivity index (χ2n) is 9.37. The Morgan fingerprint density at radius 3 is 2.19 bits per heavy atom. The van der Waals surface area contributed by atoms with Crippen molar-refractivity contribution in [1.29, 1.82) is 0 Å². The van der Waals surface area contributed by atoms with Crippen molar-refractivity contribution in [2.75, 3.05) is 30.3 Å². The first kappa shape index (κ1) is 25.9. The molecule has 3 aromatic rings. The molecule has 0 spiro atoms. The zero-order valence-corrected chi connectivity index (χ0v) is 21.2. The number of nitrogens with zero attached hydrogens (tertiary/aromatic N) is 1. The van der Waals surface area contributed by atoms with Crippen molar-refractivity contribution in [3.63, 3.8) is 0 Å². The summed E-state index contributed by atoms with van der Waals surface area (Å²) in [5, 5.41) is 8.91. The number of hydrogen-bond acceptors (Lipinski definition) is 4. The van der Waals surface area contributed by atoms with E-state index < -0.39 is 0 Å². The van der Waals surface area contributed by atoms with Gasteiger partial charge in [0.25, 0.3) is 11.8 Å². The molecule has 3 N–H and O–H groups in total. The number of amides is 3. The zero-order chi connectivity index (χ0) is 26.0. The Morgan fingerprint density at radius 2 is 1.49 bits per heavy atom. The second kappa shape index (κ2) is 12.7. The Hall–Kier alpha value is -4.13. The van der Waals surface area contributed by atoms with Crippen LogP contribution >= 0.6 is 0 Å². The molecular weight excluding hydrogens is 464 g/mol. The molecule has 1 aliphatic rings. The number of hydrogen-bond donors (Lipinski definition) is 3. The van der Waals surface area contributed by atoms with Gasteiger partial charge >= 0.3 is 0 Å². The highest BCUT2D eigenvalue weighted by molar-refractivity contribution is 5.97. The normalized spacial score (nSPS) is 14.2. The lowest BCUT2D eigenvalue weighted by atomic mass is 10.1. The molecule has 1 aliphatic heterocycles. The van der Waals surface area contributed by atoms with Crippen LogP contribution in [0.4, 0.5) is 11.4 Å². The summed E-state index contributed by atoms with van der Waals surface area (Å²) in [5.74, 6) is -0.359. The largest absolute Gasteiger partial charge is 0.376 e. The van der Waals surface area contributed by atoms with Crippen molar-refractivity contribution in [2.24, 2.45) is 0 Å². The molecule has 1 atom stereocenters. The van der Waals surface area contributed by atoms with E-state index >= 15 is 0 Å².